The molecule has 9 heteroatoms. The zero-order valence-corrected chi connectivity index (χ0v) is 18.3. The molecule has 0 spiro atoms. The molecule has 0 bridgehead atoms. The largest absolute Gasteiger partial charge is 0.497 e. The Morgan fingerprint density at radius 2 is 1.79 bits per heavy atom. The Morgan fingerprint density at radius 3 is 2.45 bits per heavy atom. The predicted molar refractivity (Wildman–Crippen MR) is 119 cm³/mol. The molecule has 0 unspecified atom stereocenters. The normalized spacial score (nSPS) is 14.9. The Balaban J connectivity index is 1.45. The van der Waals surface area contributed by atoms with Gasteiger partial charge in [0.2, 0.25) is 0 Å². The molecule has 29 heavy (non-hydrogen) atoms. The molecule has 1 fully saturated rings. The van der Waals surface area contributed by atoms with Crippen molar-refractivity contribution in [2.75, 3.05) is 38.2 Å². The first-order valence-electron chi connectivity index (χ1n) is 9.28. The van der Waals surface area contributed by atoms with Crippen LogP contribution in [-0.4, -0.2) is 53.0 Å². The Labute approximate surface area is 184 Å². The van der Waals surface area contributed by atoms with Gasteiger partial charge in [-0.2, -0.15) is 5.10 Å². The van der Waals surface area contributed by atoms with Crippen LogP contribution in [0, 0.1) is 4.77 Å². The predicted octanol–water partition coefficient (Wildman–Crippen LogP) is 4.57. The number of halogens is 2. The molecule has 1 aliphatic heterocycles. The fraction of sp³-hybridized carbons (Fsp3) is 0.300. The summed E-state index contributed by atoms with van der Waals surface area (Å²) in [7, 11) is 1.68. The summed E-state index contributed by atoms with van der Waals surface area (Å²) in [5.74, 6) is 1.70. The summed E-state index contributed by atoms with van der Waals surface area (Å²) in [6.45, 7) is 4.43. The van der Waals surface area contributed by atoms with Crippen LogP contribution in [0.3, 0.4) is 0 Å². The number of aromatic amines is 1. The maximum absolute atomic E-state index is 6.39. The van der Waals surface area contributed by atoms with Gasteiger partial charge in [-0.1, -0.05) is 23.2 Å². The molecule has 0 atom stereocenters. The number of ether oxygens (including phenoxy) is 1. The van der Waals surface area contributed by atoms with Crippen LogP contribution in [0.15, 0.2) is 42.5 Å². The zero-order chi connectivity index (χ0) is 20.4. The highest BCUT2D eigenvalue weighted by Gasteiger charge is 2.20. The Kier molecular flexibility index (Phi) is 6.10. The molecular formula is C20H21Cl2N5OS. The van der Waals surface area contributed by atoms with E-state index < -0.39 is 0 Å². The fourth-order valence-corrected chi connectivity index (χ4v) is 4.25. The van der Waals surface area contributed by atoms with Gasteiger partial charge in [0.1, 0.15) is 11.6 Å². The Hall–Kier alpha value is -2.06. The molecule has 0 saturated carbocycles. The SMILES string of the molecule is COc1ccc(N2CCN(Cc3n[nH]c(=S)n3-c3ccc(Cl)cc3Cl)CC2)cc1. The Bertz CT molecular complexity index is 1040. The van der Waals surface area contributed by atoms with Gasteiger partial charge in [-0.25, -0.2) is 0 Å². The summed E-state index contributed by atoms with van der Waals surface area (Å²) in [5, 5.41) is 8.45. The minimum Gasteiger partial charge on any atom is -0.497 e. The summed E-state index contributed by atoms with van der Waals surface area (Å²) in [6, 6.07) is 13.6. The van der Waals surface area contributed by atoms with Gasteiger partial charge >= 0.3 is 0 Å². The lowest BCUT2D eigenvalue weighted by molar-refractivity contribution is 0.242. The molecule has 1 aromatic heterocycles. The maximum Gasteiger partial charge on any atom is 0.199 e. The smallest absolute Gasteiger partial charge is 0.199 e. The average Bonchev–Trinajstić information content (AvgIpc) is 3.09. The van der Waals surface area contributed by atoms with Crippen LogP contribution in [0.25, 0.3) is 5.69 Å². The number of methoxy groups -OCH3 is 1. The molecule has 1 saturated heterocycles. The van der Waals surface area contributed by atoms with Crippen molar-refractivity contribution in [3.63, 3.8) is 0 Å². The van der Waals surface area contributed by atoms with E-state index in [1.807, 2.05) is 22.8 Å². The molecule has 1 aliphatic rings. The third kappa shape index (κ3) is 4.43. The van der Waals surface area contributed by atoms with Crippen LogP contribution in [0.2, 0.25) is 10.0 Å². The highest BCUT2D eigenvalue weighted by atomic mass is 35.5. The summed E-state index contributed by atoms with van der Waals surface area (Å²) < 4.78 is 7.63. The van der Waals surface area contributed by atoms with Gasteiger partial charge < -0.3 is 9.64 Å². The number of piperazine rings is 1. The molecule has 2 heterocycles. The number of aromatic nitrogens is 3. The molecule has 0 aliphatic carbocycles. The first-order valence-corrected chi connectivity index (χ1v) is 10.4. The number of anilines is 1. The van der Waals surface area contributed by atoms with Crippen molar-refractivity contribution in [1.82, 2.24) is 19.7 Å². The molecule has 2 aromatic carbocycles. The molecule has 4 rings (SSSR count). The van der Waals surface area contributed by atoms with Gasteiger partial charge in [-0.3, -0.25) is 14.6 Å². The van der Waals surface area contributed by atoms with Gasteiger partial charge in [-0.05, 0) is 54.7 Å². The minimum absolute atomic E-state index is 0.515. The third-order valence-corrected chi connectivity index (χ3v) is 5.88. The first-order chi connectivity index (χ1) is 14.0. The first kappa shape index (κ1) is 20.2. The molecule has 1 N–H and O–H groups in total. The summed E-state index contributed by atoms with van der Waals surface area (Å²) in [6.07, 6.45) is 0. The quantitative estimate of drug-likeness (QED) is 0.578. The third-order valence-electron chi connectivity index (χ3n) is 5.07. The summed E-state index contributed by atoms with van der Waals surface area (Å²) in [4.78, 5) is 4.74. The van der Waals surface area contributed by atoms with E-state index >= 15 is 0 Å². The number of benzene rings is 2. The fourth-order valence-electron chi connectivity index (χ4n) is 3.50. The standard InChI is InChI=1S/C20H21Cl2N5OS/c1-28-16-5-3-15(4-6-16)26-10-8-25(9-11-26)13-19-23-24-20(29)27(19)18-7-2-14(21)12-17(18)22/h2-7,12H,8-11,13H2,1H3,(H,24,29). The topological polar surface area (TPSA) is 49.3 Å². The average molecular weight is 450 g/mol. The van der Waals surface area contributed by atoms with Crippen LogP contribution in [0.5, 0.6) is 5.75 Å². The van der Waals surface area contributed by atoms with Gasteiger partial charge in [0.15, 0.2) is 4.77 Å². The van der Waals surface area contributed by atoms with E-state index in [2.05, 4.69) is 32.1 Å². The molecule has 0 amide bonds. The van der Waals surface area contributed by atoms with Crippen molar-refractivity contribution in [3.8, 4) is 11.4 Å². The van der Waals surface area contributed by atoms with Crippen molar-refractivity contribution >= 4 is 41.1 Å². The summed E-state index contributed by atoms with van der Waals surface area (Å²) >= 11 is 17.9. The van der Waals surface area contributed by atoms with Crippen molar-refractivity contribution in [2.45, 2.75) is 6.54 Å². The van der Waals surface area contributed by atoms with Crippen LogP contribution in [0.4, 0.5) is 5.69 Å². The highest BCUT2D eigenvalue weighted by molar-refractivity contribution is 7.71. The van der Waals surface area contributed by atoms with Crippen molar-refractivity contribution in [2.24, 2.45) is 0 Å². The lowest BCUT2D eigenvalue weighted by atomic mass is 10.2. The molecular weight excluding hydrogens is 429 g/mol. The maximum atomic E-state index is 6.39. The van der Waals surface area contributed by atoms with Gasteiger partial charge in [0.05, 0.1) is 24.4 Å². The van der Waals surface area contributed by atoms with Crippen molar-refractivity contribution in [1.29, 1.82) is 0 Å². The van der Waals surface area contributed by atoms with Gasteiger partial charge in [-0.15, -0.1) is 0 Å². The number of nitrogens with one attached hydrogen (secondary N) is 1. The van der Waals surface area contributed by atoms with E-state index in [4.69, 9.17) is 40.2 Å². The number of rotatable bonds is 5. The van der Waals surface area contributed by atoms with Crippen LogP contribution in [0.1, 0.15) is 5.82 Å². The van der Waals surface area contributed by atoms with E-state index in [1.54, 1.807) is 19.2 Å². The molecule has 152 valence electrons. The van der Waals surface area contributed by atoms with Crippen LogP contribution < -0.4 is 9.64 Å². The number of hydrogen-bond donors (Lipinski definition) is 1. The van der Waals surface area contributed by atoms with Crippen LogP contribution >= 0.6 is 35.4 Å². The zero-order valence-electron chi connectivity index (χ0n) is 15.9. The second kappa shape index (κ2) is 8.75. The van der Waals surface area contributed by atoms with E-state index in [1.165, 1.54) is 5.69 Å². The van der Waals surface area contributed by atoms with E-state index in [0.29, 0.717) is 21.4 Å². The lowest BCUT2D eigenvalue weighted by Gasteiger charge is -2.35. The van der Waals surface area contributed by atoms with E-state index in [-0.39, 0.29) is 0 Å². The number of H-pyrrole nitrogens is 1. The number of nitrogens with zero attached hydrogens (tertiary/aromatic N) is 4. The monoisotopic (exact) mass is 449 g/mol. The number of hydrogen-bond acceptors (Lipinski definition) is 5. The van der Waals surface area contributed by atoms with Crippen LogP contribution in [-0.2, 0) is 6.54 Å². The van der Waals surface area contributed by atoms with E-state index in [0.717, 1.165) is 43.4 Å². The van der Waals surface area contributed by atoms with Crippen molar-refractivity contribution in [3.05, 3.63) is 63.1 Å². The van der Waals surface area contributed by atoms with Crippen molar-refractivity contribution < 1.29 is 4.74 Å². The highest BCUT2D eigenvalue weighted by Crippen LogP contribution is 2.26. The minimum atomic E-state index is 0.515. The van der Waals surface area contributed by atoms with Gasteiger partial charge in [0.25, 0.3) is 0 Å². The summed E-state index contributed by atoms with van der Waals surface area (Å²) in [5.41, 5.74) is 1.99. The molecule has 6 nitrogen and oxygen atoms in total. The Morgan fingerprint density at radius 1 is 1.07 bits per heavy atom. The van der Waals surface area contributed by atoms with Gasteiger partial charge in [0, 0.05) is 36.9 Å². The second-order valence-electron chi connectivity index (χ2n) is 6.84. The molecule has 3 aromatic rings. The second-order valence-corrected chi connectivity index (χ2v) is 8.07. The molecule has 0 radical (unpaired) electrons. The lowest BCUT2D eigenvalue weighted by Crippen LogP contribution is -2.46. The van der Waals surface area contributed by atoms with E-state index in [9.17, 15) is 0 Å².